The molecule has 0 fully saturated rings. The van der Waals surface area contributed by atoms with Gasteiger partial charge in [0.2, 0.25) is 6.79 Å². The van der Waals surface area contributed by atoms with Crippen molar-refractivity contribution >= 4 is 30.4 Å². The smallest absolute Gasteiger partial charge is 0.232 e. The minimum absolute atomic E-state index is 0.0284. The molecule has 1 aromatic carbocycles. The first-order valence-corrected chi connectivity index (χ1v) is 7.67. The van der Waals surface area contributed by atoms with Gasteiger partial charge in [-0.2, -0.15) is 8.42 Å². The van der Waals surface area contributed by atoms with E-state index in [-0.39, 0.29) is 15.8 Å². The van der Waals surface area contributed by atoms with Gasteiger partial charge in [-0.15, -0.1) is 4.52 Å². The Balaban J connectivity index is 3.18. The summed E-state index contributed by atoms with van der Waals surface area (Å²) in [7, 11) is -5.11. The molecule has 0 heterocycles. The molecule has 1 aromatic rings. The fourth-order valence-electron chi connectivity index (χ4n) is 1.41. The molecule has 0 aromatic heterocycles. The lowest BCUT2D eigenvalue weighted by Crippen LogP contribution is -2.11. The standard InChI is InChI=1S/C10H13ClO5PS/c1-7(2)8-4-3-5-9(11)10(8)18(13,14)16-6-15-17-12/h3-5,7,17H,6H2,1-2H3/q+1. The molecule has 8 heteroatoms. The maximum Gasteiger partial charge on any atom is 0.496 e. The summed E-state index contributed by atoms with van der Waals surface area (Å²) in [6.07, 6.45) is 0. The number of hydrogen-bond donors (Lipinski definition) is 0. The number of benzene rings is 1. The predicted molar refractivity (Wildman–Crippen MR) is 68.8 cm³/mol. The van der Waals surface area contributed by atoms with Crippen molar-refractivity contribution in [3.8, 4) is 0 Å². The van der Waals surface area contributed by atoms with Crippen LogP contribution in [0.5, 0.6) is 0 Å². The van der Waals surface area contributed by atoms with Crippen molar-refractivity contribution in [1.82, 2.24) is 0 Å². The maximum absolute atomic E-state index is 12.0. The van der Waals surface area contributed by atoms with Gasteiger partial charge in [-0.25, -0.2) is 4.18 Å². The van der Waals surface area contributed by atoms with E-state index in [2.05, 4.69) is 8.71 Å². The molecule has 0 amide bonds. The molecule has 0 aliphatic rings. The Labute approximate surface area is 112 Å². The Morgan fingerprint density at radius 2 is 2.06 bits per heavy atom. The van der Waals surface area contributed by atoms with E-state index in [1.54, 1.807) is 12.1 Å². The van der Waals surface area contributed by atoms with Crippen LogP contribution in [0.2, 0.25) is 5.02 Å². The van der Waals surface area contributed by atoms with Crippen molar-refractivity contribution in [2.75, 3.05) is 6.79 Å². The highest BCUT2D eigenvalue weighted by Gasteiger charge is 2.24. The van der Waals surface area contributed by atoms with Crippen LogP contribution >= 0.6 is 20.3 Å². The van der Waals surface area contributed by atoms with E-state index in [9.17, 15) is 13.0 Å². The summed E-state index contributed by atoms with van der Waals surface area (Å²) < 4.78 is 43.0. The number of halogens is 1. The van der Waals surface area contributed by atoms with Gasteiger partial charge in [0, 0.05) is 0 Å². The Bertz CT molecular complexity index is 529. The molecule has 1 atom stereocenters. The molecular formula is C10H13ClO5PS+. The minimum atomic E-state index is -4.03. The first-order valence-electron chi connectivity index (χ1n) is 5.07. The molecule has 1 rings (SSSR count). The van der Waals surface area contributed by atoms with Gasteiger partial charge in [0.05, 0.1) is 5.02 Å². The van der Waals surface area contributed by atoms with Gasteiger partial charge in [-0.05, 0) is 22.1 Å². The highest BCUT2D eigenvalue weighted by atomic mass is 35.5. The molecule has 0 radical (unpaired) electrons. The van der Waals surface area contributed by atoms with Crippen molar-refractivity contribution in [3.05, 3.63) is 28.8 Å². The van der Waals surface area contributed by atoms with E-state index in [1.165, 1.54) is 6.07 Å². The summed E-state index contributed by atoms with van der Waals surface area (Å²) in [6, 6.07) is 4.81. The van der Waals surface area contributed by atoms with Crippen LogP contribution in [0.3, 0.4) is 0 Å². The first-order chi connectivity index (χ1) is 8.40. The highest BCUT2D eigenvalue weighted by Crippen LogP contribution is 2.31. The normalized spacial score (nSPS) is 12.2. The van der Waals surface area contributed by atoms with E-state index in [4.69, 9.17) is 11.6 Å². The third kappa shape index (κ3) is 3.73. The summed E-state index contributed by atoms with van der Waals surface area (Å²) in [5, 5.41) is 0.0887. The minimum Gasteiger partial charge on any atom is -0.232 e. The van der Waals surface area contributed by atoms with E-state index >= 15 is 0 Å². The van der Waals surface area contributed by atoms with Gasteiger partial charge in [0.15, 0.2) is 0 Å². The topological polar surface area (TPSA) is 69.7 Å². The van der Waals surface area contributed by atoms with Crippen LogP contribution in [0.4, 0.5) is 0 Å². The summed E-state index contributed by atoms with van der Waals surface area (Å²) in [6.45, 7) is 3.09. The SMILES string of the molecule is CC(C)c1cccc(Cl)c1S(=O)(=O)OCO[PH+]=O. The average Bonchev–Trinajstić information content (AvgIpc) is 2.28. The summed E-state index contributed by atoms with van der Waals surface area (Å²) in [5.74, 6) is -0.0284. The van der Waals surface area contributed by atoms with E-state index in [1.807, 2.05) is 13.8 Å². The lowest BCUT2D eigenvalue weighted by molar-refractivity contribution is 0.139. The summed E-state index contributed by atoms with van der Waals surface area (Å²) in [4.78, 5) is -0.0699. The van der Waals surface area contributed by atoms with Crippen LogP contribution in [0.15, 0.2) is 23.1 Å². The van der Waals surface area contributed by atoms with Crippen molar-refractivity contribution in [1.29, 1.82) is 0 Å². The second-order valence-electron chi connectivity index (χ2n) is 3.73. The zero-order valence-electron chi connectivity index (χ0n) is 9.84. The van der Waals surface area contributed by atoms with Crippen LogP contribution < -0.4 is 0 Å². The highest BCUT2D eigenvalue weighted by molar-refractivity contribution is 7.87. The quantitative estimate of drug-likeness (QED) is 0.349. The van der Waals surface area contributed by atoms with Crippen molar-refractivity contribution in [3.63, 3.8) is 0 Å². The van der Waals surface area contributed by atoms with Crippen molar-refractivity contribution in [2.24, 2.45) is 0 Å². The Kier molecular flexibility index (Phi) is 5.69. The average molecular weight is 312 g/mol. The third-order valence-electron chi connectivity index (χ3n) is 2.19. The largest absolute Gasteiger partial charge is 0.496 e. The third-order valence-corrected chi connectivity index (χ3v) is 4.22. The molecule has 0 N–H and O–H groups in total. The van der Waals surface area contributed by atoms with Gasteiger partial charge >= 0.3 is 18.8 Å². The maximum atomic E-state index is 12.0. The van der Waals surface area contributed by atoms with E-state index in [0.29, 0.717) is 5.56 Å². The molecule has 1 unspecified atom stereocenters. The molecule has 18 heavy (non-hydrogen) atoms. The van der Waals surface area contributed by atoms with Gasteiger partial charge in [0.25, 0.3) is 0 Å². The van der Waals surface area contributed by atoms with Crippen LogP contribution in [-0.2, 0) is 23.4 Å². The van der Waals surface area contributed by atoms with Gasteiger partial charge < -0.3 is 0 Å². The zero-order chi connectivity index (χ0) is 13.8. The Morgan fingerprint density at radius 1 is 1.39 bits per heavy atom. The lowest BCUT2D eigenvalue weighted by Gasteiger charge is -2.13. The van der Waals surface area contributed by atoms with E-state index < -0.39 is 25.6 Å². The van der Waals surface area contributed by atoms with Crippen LogP contribution in [-0.4, -0.2) is 15.2 Å². The van der Waals surface area contributed by atoms with Gasteiger partial charge in [0.1, 0.15) is 4.90 Å². The second kappa shape index (κ2) is 6.59. The molecule has 0 bridgehead atoms. The van der Waals surface area contributed by atoms with Crippen molar-refractivity contribution < 1.29 is 21.7 Å². The molecule has 5 nitrogen and oxygen atoms in total. The lowest BCUT2D eigenvalue weighted by atomic mass is 10.0. The monoisotopic (exact) mass is 311 g/mol. The van der Waals surface area contributed by atoms with Crippen LogP contribution in [0.1, 0.15) is 25.3 Å². The number of hydrogen-bond acceptors (Lipinski definition) is 5. The molecule has 0 spiro atoms. The van der Waals surface area contributed by atoms with Crippen LogP contribution in [0, 0.1) is 0 Å². The zero-order valence-corrected chi connectivity index (χ0v) is 12.4. The fraction of sp³-hybridized carbons (Fsp3) is 0.400. The molecule has 0 saturated heterocycles. The molecule has 0 aliphatic heterocycles. The molecular weight excluding hydrogens is 299 g/mol. The Hall–Kier alpha value is -0.520. The fourth-order valence-corrected chi connectivity index (χ4v) is 3.26. The van der Waals surface area contributed by atoms with Crippen LogP contribution in [0.25, 0.3) is 0 Å². The van der Waals surface area contributed by atoms with Gasteiger partial charge in [-0.3, -0.25) is 0 Å². The predicted octanol–water partition coefficient (Wildman–Crippen LogP) is 3.08. The summed E-state index contributed by atoms with van der Waals surface area (Å²) in [5.41, 5.74) is 0.562. The molecule has 100 valence electrons. The van der Waals surface area contributed by atoms with Gasteiger partial charge in [-0.1, -0.05) is 37.6 Å². The Morgan fingerprint density at radius 3 is 2.61 bits per heavy atom. The van der Waals surface area contributed by atoms with Crippen molar-refractivity contribution in [2.45, 2.75) is 24.7 Å². The van der Waals surface area contributed by atoms with E-state index in [0.717, 1.165) is 0 Å². The molecule has 0 saturated carbocycles. The second-order valence-corrected chi connectivity index (χ2v) is 6.15. The first kappa shape index (κ1) is 15.5. The molecule has 0 aliphatic carbocycles. The number of rotatable bonds is 6. The summed E-state index contributed by atoms with van der Waals surface area (Å²) >= 11 is 5.91.